The number of fused-ring (bicyclic) bond motifs is 1. The first-order chi connectivity index (χ1) is 11.7. The Morgan fingerprint density at radius 1 is 1.38 bits per heavy atom. The van der Waals surface area contributed by atoms with E-state index in [1.165, 1.54) is 11.3 Å². The quantitative estimate of drug-likeness (QED) is 0.802. The number of benzene rings is 1. The lowest BCUT2D eigenvalue weighted by Gasteiger charge is -2.27. The number of amides is 1. The first-order valence-corrected chi connectivity index (χ1v) is 8.67. The van der Waals surface area contributed by atoms with Gasteiger partial charge in [-0.25, -0.2) is 0 Å². The van der Waals surface area contributed by atoms with Gasteiger partial charge in [0.05, 0.1) is 37.8 Å². The minimum absolute atomic E-state index is 0.0136. The van der Waals surface area contributed by atoms with Gasteiger partial charge in [-0.15, -0.1) is 0 Å². The Morgan fingerprint density at radius 2 is 2.21 bits per heavy atom. The number of nitrogens with zero attached hydrogens (tertiary/aromatic N) is 2. The van der Waals surface area contributed by atoms with Crippen LogP contribution in [0, 0.1) is 11.3 Å². The molecule has 1 aliphatic rings. The molecule has 0 radical (unpaired) electrons. The number of hydrogen-bond donors (Lipinski definition) is 0. The van der Waals surface area contributed by atoms with Gasteiger partial charge >= 0.3 is 0 Å². The van der Waals surface area contributed by atoms with Gasteiger partial charge in [0.25, 0.3) is 5.91 Å². The highest BCUT2D eigenvalue weighted by molar-refractivity contribution is 7.08. The van der Waals surface area contributed by atoms with Crippen LogP contribution in [0.4, 0.5) is 0 Å². The van der Waals surface area contributed by atoms with Crippen LogP contribution in [0.2, 0.25) is 0 Å². The SMILES string of the molecule is CCOc1cc(C(CC#N)N2Cc3cscc3C2=O)ccc1OC. The summed E-state index contributed by atoms with van der Waals surface area (Å²) in [5, 5.41) is 13.1. The molecular formula is C18H18N2O3S. The summed E-state index contributed by atoms with van der Waals surface area (Å²) in [6.07, 6.45) is 0.233. The highest BCUT2D eigenvalue weighted by atomic mass is 32.1. The van der Waals surface area contributed by atoms with Gasteiger partial charge in [0.2, 0.25) is 0 Å². The monoisotopic (exact) mass is 342 g/mol. The predicted octanol–water partition coefficient (Wildman–Crippen LogP) is 3.77. The van der Waals surface area contributed by atoms with Gasteiger partial charge in [0.1, 0.15) is 0 Å². The maximum Gasteiger partial charge on any atom is 0.255 e. The van der Waals surface area contributed by atoms with E-state index in [0.29, 0.717) is 24.7 Å². The standard InChI is InChI=1S/C18H18N2O3S/c1-3-23-17-8-12(4-5-16(17)22-2)15(6-7-19)20-9-13-10-24-11-14(13)18(20)21/h4-5,8,10-11,15H,3,6,9H2,1-2H3. The molecule has 24 heavy (non-hydrogen) atoms. The fourth-order valence-corrected chi connectivity index (χ4v) is 3.78. The van der Waals surface area contributed by atoms with Crippen LogP contribution in [0.1, 0.15) is 40.9 Å². The van der Waals surface area contributed by atoms with Crippen molar-refractivity contribution in [3.63, 3.8) is 0 Å². The molecule has 1 amide bonds. The summed E-state index contributed by atoms with van der Waals surface area (Å²) in [6, 6.07) is 7.47. The lowest BCUT2D eigenvalue weighted by Crippen LogP contribution is -2.29. The second-order valence-electron chi connectivity index (χ2n) is 5.47. The van der Waals surface area contributed by atoms with Gasteiger partial charge in [0, 0.05) is 11.9 Å². The van der Waals surface area contributed by atoms with Gasteiger partial charge in [-0.2, -0.15) is 16.6 Å². The Balaban J connectivity index is 1.95. The van der Waals surface area contributed by atoms with Crippen LogP contribution < -0.4 is 9.47 Å². The molecule has 1 atom stereocenters. The largest absolute Gasteiger partial charge is 0.493 e. The normalized spacial score (nSPS) is 14.2. The second-order valence-corrected chi connectivity index (χ2v) is 6.21. The van der Waals surface area contributed by atoms with Crippen LogP contribution in [0.5, 0.6) is 11.5 Å². The number of nitriles is 1. The fourth-order valence-electron chi connectivity index (χ4n) is 2.96. The zero-order valence-corrected chi connectivity index (χ0v) is 14.4. The number of thiophene rings is 1. The molecule has 0 saturated heterocycles. The van der Waals surface area contributed by atoms with Gasteiger partial charge < -0.3 is 14.4 Å². The van der Waals surface area contributed by atoms with Crippen molar-refractivity contribution in [2.75, 3.05) is 13.7 Å². The molecule has 0 saturated carbocycles. The Bertz CT molecular complexity index is 794. The van der Waals surface area contributed by atoms with Crippen LogP contribution in [0.3, 0.4) is 0 Å². The summed E-state index contributed by atoms with van der Waals surface area (Å²) in [6.45, 7) is 2.96. The van der Waals surface area contributed by atoms with Crippen molar-refractivity contribution >= 4 is 17.2 Å². The minimum Gasteiger partial charge on any atom is -0.493 e. The van der Waals surface area contributed by atoms with E-state index in [-0.39, 0.29) is 18.4 Å². The summed E-state index contributed by atoms with van der Waals surface area (Å²) in [7, 11) is 1.59. The predicted molar refractivity (Wildman–Crippen MR) is 91.3 cm³/mol. The molecular weight excluding hydrogens is 324 g/mol. The van der Waals surface area contributed by atoms with Crippen molar-refractivity contribution in [3.05, 3.63) is 45.6 Å². The zero-order valence-electron chi connectivity index (χ0n) is 13.6. The molecule has 6 heteroatoms. The molecule has 0 spiro atoms. The van der Waals surface area contributed by atoms with Crippen molar-refractivity contribution in [2.45, 2.75) is 25.9 Å². The van der Waals surface area contributed by atoms with E-state index < -0.39 is 0 Å². The molecule has 5 nitrogen and oxygen atoms in total. The van der Waals surface area contributed by atoms with E-state index in [1.54, 1.807) is 12.0 Å². The first-order valence-electron chi connectivity index (χ1n) is 7.73. The Hall–Kier alpha value is -2.52. The molecule has 3 rings (SSSR count). The van der Waals surface area contributed by atoms with Crippen molar-refractivity contribution < 1.29 is 14.3 Å². The Kier molecular flexibility index (Phi) is 4.72. The fraction of sp³-hybridized carbons (Fsp3) is 0.333. The molecule has 124 valence electrons. The maximum atomic E-state index is 12.6. The van der Waals surface area contributed by atoms with Crippen molar-refractivity contribution in [2.24, 2.45) is 0 Å². The maximum absolute atomic E-state index is 12.6. The number of rotatable bonds is 6. The summed E-state index contributed by atoms with van der Waals surface area (Å²) >= 11 is 1.53. The topological polar surface area (TPSA) is 62.6 Å². The first kappa shape index (κ1) is 16.3. The lowest BCUT2D eigenvalue weighted by molar-refractivity contribution is 0.0703. The molecule has 0 aliphatic carbocycles. The van der Waals surface area contributed by atoms with Crippen LogP contribution >= 0.6 is 11.3 Å². The highest BCUT2D eigenvalue weighted by Gasteiger charge is 2.34. The van der Waals surface area contributed by atoms with E-state index in [9.17, 15) is 10.1 Å². The van der Waals surface area contributed by atoms with Gasteiger partial charge in [0.15, 0.2) is 11.5 Å². The molecule has 1 unspecified atom stereocenters. The number of hydrogen-bond acceptors (Lipinski definition) is 5. The summed E-state index contributed by atoms with van der Waals surface area (Å²) in [5.74, 6) is 1.25. The summed E-state index contributed by atoms with van der Waals surface area (Å²) in [5.41, 5.74) is 2.66. The smallest absolute Gasteiger partial charge is 0.255 e. The van der Waals surface area contributed by atoms with E-state index in [4.69, 9.17) is 9.47 Å². The average Bonchev–Trinajstić information content (AvgIpc) is 3.16. The van der Waals surface area contributed by atoms with E-state index in [1.807, 2.05) is 35.9 Å². The molecule has 2 heterocycles. The Morgan fingerprint density at radius 3 is 2.88 bits per heavy atom. The van der Waals surface area contributed by atoms with E-state index >= 15 is 0 Å². The lowest BCUT2D eigenvalue weighted by atomic mass is 10.0. The van der Waals surface area contributed by atoms with Crippen LogP contribution in [0.25, 0.3) is 0 Å². The van der Waals surface area contributed by atoms with Gasteiger partial charge in [-0.1, -0.05) is 6.07 Å². The molecule has 1 aromatic carbocycles. The molecule has 1 aromatic heterocycles. The average molecular weight is 342 g/mol. The van der Waals surface area contributed by atoms with Gasteiger partial charge in [-0.05, 0) is 35.6 Å². The van der Waals surface area contributed by atoms with Gasteiger partial charge in [-0.3, -0.25) is 4.79 Å². The zero-order chi connectivity index (χ0) is 17.1. The van der Waals surface area contributed by atoms with Crippen LogP contribution in [-0.4, -0.2) is 24.5 Å². The van der Waals surface area contributed by atoms with E-state index in [2.05, 4.69) is 6.07 Å². The summed E-state index contributed by atoms with van der Waals surface area (Å²) < 4.78 is 10.9. The minimum atomic E-state index is -0.301. The Labute approximate surface area is 145 Å². The summed E-state index contributed by atoms with van der Waals surface area (Å²) in [4.78, 5) is 14.4. The third-order valence-electron chi connectivity index (χ3n) is 4.11. The van der Waals surface area contributed by atoms with Crippen LogP contribution in [-0.2, 0) is 6.54 Å². The molecule has 0 bridgehead atoms. The highest BCUT2D eigenvalue weighted by Crippen LogP contribution is 2.38. The third kappa shape index (κ3) is 2.83. The van der Waals surface area contributed by atoms with Crippen molar-refractivity contribution in [1.82, 2.24) is 4.90 Å². The molecule has 0 N–H and O–H groups in total. The van der Waals surface area contributed by atoms with Crippen LogP contribution in [0.15, 0.2) is 29.0 Å². The van der Waals surface area contributed by atoms with Crippen molar-refractivity contribution in [3.8, 4) is 17.6 Å². The number of carbonyl (C=O) groups excluding carboxylic acids is 1. The number of carbonyl (C=O) groups is 1. The number of methoxy groups -OCH3 is 1. The third-order valence-corrected chi connectivity index (χ3v) is 4.90. The molecule has 2 aromatic rings. The second kappa shape index (κ2) is 6.93. The van der Waals surface area contributed by atoms with Crippen molar-refractivity contribution in [1.29, 1.82) is 5.26 Å². The molecule has 0 fully saturated rings. The van der Waals surface area contributed by atoms with E-state index in [0.717, 1.165) is 16.7 Å². The molecule has 1 aliphatic heterocycles. The number of ether oxygens (including phenoxy) is 2.